The van der Waals surface area contributed by atoms with Crippen LogP contribution in [0, 0.1) is 5.92 Å². The van der Waals surface area contributed by atoms with E-state index < -0.39 is 12.6 Å². The van der Waals surface area contributed by atoms with Gasteiger partial charge in [-0.1, -0.05) is 24.3 Å². The largest absolute Gasteiger partial charge is 0.393 e. The van der Waals surface area contributed by atoms with Gasteiger partial charge in [-0.05, 0) is 17.5 Å². The lowest BCUT2D eigenvalue weighted by Gasteiger charge is -2.46. The lowest BCUT2D eigenvalue weighted by molar-refractivity contribution is -0.140. The van der Waals surface area contributed by atoms with Crippen molar-refractivity contribution in [3.8, 4) is 0 Å². The van der Waals surface area contributed by atoms with Crippen LogP contribution in [-0.2, 0) is 16.0 Å². The molecule has 0 radical (unpaired) electrons. The van der Waals surface area contributed by atoms with Crippen LogP contribution >= 0.6 is 0 Å². The van der Waals surface area contributed by atoms with Gasteiger partial charge in [-0.15, -0.1) is 0 Å². The first-order valence-electron chi connectivity index (χ1n) is 9.61. The fourth-order valence-electron chi connectivity index (χ4n) is 4.34. The molecule has 3 saturated heterocycles. The fraction of sp³-hybridized carbons (Fsp3) is 0.600. The Morgan fingerprint density at radius 2 is 1.82 bits per heavy atom. The summed E-state index contributed by atoms with van der Waals surface area (Å²) in [5.74, 6) is 0.326. The zero-order valence-corrected chi connectivity index (χ0v) is 15.5. The molecule has 0 unspecified atom stereocenters. The first-order chi connectivity index (χ1) is 13.3. The highest BCUT2D eigenvalue weighted by Gasteiger charge is 2.40. The van der Waals surface area contributed by atoms with E-state index in [1.54, 1.807) is 21.9 Å². The molecule has 3 fully saturated rings. The monoisotopic (exact) mass is 396 g/mol. The van der Waals surface area contributed by atoms with Crippen LogP contribution in [0.25, 0.3) is 0 Å². The Hall–Kier alpha value is -2.09. The van der Waals surface area contributed by atoms with Gasteiger partial charge in [0.15, 0.2) is 5.78 Å². The number of amides is 2. The Morgan fingerprint density at radius 3 is 2.50 bits per heavy atom. The molecule has 8 heteroatoms. The standard InChI is InChI=1S/C20H23F3N2O3/c21-20(22,23)8-13-1-3-14(4-2-13)16-10-25(11-16)19(27)24-6-5-18-15(9-24)7-17(26)12-28-18/h1-4,15-16,18H,5-12H2/t15-,18+/m1/s1. The smallest absolute Gasteiger partial charge is 0.370 e. The summed E-state index contributed by atoms with van der Waals surface area (Å²) in [6.07, 6.45) is -3.83. The van der Waals surface area contributed by atoms with E-state index in [0.29, 0.717) is 32.6 Å². The van der Waals surface area contributed by atoms with Crippen molar-refractivity contribution in [1.82, 2.24) is 9.80 Å². The van der Waals surface area contributed by atoms with Crippen molar-refractivity contribution < 1.29 is 27.5 Å². The molecule has 3 aliphatic heterocycles. The Kier molecular flexibility index (Phi) is 5.07. The number of ether oxygens (including phenoxy) is 1. The van der Waals surface area contributed by atoms with Gasteiger partial charge in [0.05, 0.1) is 12.5 Å². The van der Waals surface area contributed by atoms with E-state index in [-0.39, 0.29) is 41.9 Å². The van der Waals surface area contributed by atoms with Gasteiger partial charge in [0.25, 0.3) is 0 Å². The SMILES string of the molecule is O=C1CO[C@H]2CCN(C(=O)N3CC(c4ccc(CC(F)(F)F)cc4)C3)C[C@H]2C1. The molecule has 3 heterocycles. The number of piperidine rings is 1. The fourth-order valence-corrected chi connectivity index (χ4v) is 4.34. The van der Waals surface area contributed by atoms with Crippen molar-refractivity contribution >= 4 is 11.8 Å². The maximum absolute atomic E-state index is 12.7. The Labute approximate surface area is 161 Å². The molecular weight excluding hydrogens is 373 g/mol. The lowest BCUT2D eigenvalue weighted by Crippen LogP contribution is -2.58. The van der Waals surface area contributed by atoms with Crippen molar-refractivity contribution in [2.75, 3.05) is 32.8 Å². The van der Waals surface area contributed by atoms with Crippen LogP contribution in [0.2, 0.25) is 0 Å². The Balaban J connectivity index is 1.29. The molecule has 4 rings (SSSR count). The summed E-state index contributed by atoms with van der Waals surface area (Å²) in [5, 5.41) is 0. The number of benzene rings is 1. The van der Waals surface area contributed by atoms with Gasteiger partial charge in [-0.3, -0.25) is 4.79 Å². The highest BCUT2D eigenvalue weighted by Crippen LogP contribution is 2.32. The molecule has 5 nitrogen and oxygen atoms in total. The predicted molar refractivity (Wildman–Crippen MR) is 95.0 cm³/mol. The van der Waals surface area contributed by atoms with Gasteiger partial charge < -0.3 is 14.5 Å². The zero-order valence-electron chi connectivity index (χ0n) is 15.5. The van der Waals surface area contributed by atoms with Crippen molar-refractivity contribution in [1.29, 1.82) is 0 Å². The van der Waals surface area contributed by atoms with E-state index in [2.05, 4.69) is 0 Å². The number of nitrogens with zero attached hydrogens (tertiary/aromatic N) is 2. The Morgan fingerprint density at radius 1 is 1.11 bits per heavy atom. The van der Waals surface area contributed by atoms with Gasteiger partial charge in [-0.25, -0.2) is 4.79 Å². The van der Waals surface area contributed by atoms with Crippen LogP contribution in [0.15, 0.2) is 24.3 Å². The molecule has 1 aromatic carbocycles. The van der Waals surface area contributed by atoms with E-state index >= 15 is 0 Å². The molecule has 2 atom stereocenters. The van der Waals surface area contributed by atoms with Crippen LogP contribution < -0.4 is 0 Å². The number of alkyl halides is 3. The van der Waals surface area contributed by atoms with Crippen LogP contribution in [0.3, 0.4) is 0 Å². The maximum atomic E-state index is 12.7. The average molecular weight is 396 g/mol. The molecule has 2 amide bonds. The quantitative estimate of drug-likeness (QED) is 0.772. The van der Waals surface area contributed by atoms with E-state index in [9.17, 15) is 22.8 Å². The number of rotatable bonds is 2. The Bertz CT molecular complexity index is 744. The third kappa shape index (κ3) is 4.16. The number of likely N-dealkylation sites (tertiary alicyclic amines) is 2. The van der Waals surface area contributed by atoms with Gasteiger partial charge in [0.2, 0.25) is 0 Å². The second-order valence-corrected chi connectivity index (χ2v) is 8.01. The topological polar surface area (TPSA) is 49.9 Å². The summed E-state index contributed by atoms with van der Waals surface area (Å²) in [4.78, 5) is 27.9. The summed E-state index contributed by atoms with van der Waals surface area (Å²) in [6.45, 7) is 2.49. The second-order valence-electron chi connectivity index (χ2n) is 8.01. The molecule has 0 aliphatic carbocycles. The molecule has 28 heavy (non-hydrogen) atoms. The molecule has 0 spiro atoms. The highest BCUT2D eigenvalue weighted by molar-refractivity contribution is 5.81. The van der Waals surface area contributed by atoms with Gasteiger partial charge in [0, 0.05) is 44.4 Å². The van der Waals surface area contributed by atoms with Crippen LogP contribution in [0.1, 0.15) is 29.9 Å². The highest BCUT2D eigenvalue weighted by atomic mass is 19.4. The van der Waals surface area contributed by atoms with E-state index in [0.717, 1.165) is 12.0 Å². The number of urea groups is 1. The van der Waals surface area contributed by atoms with E-state index in [1.807, 2.05) is 0 Å². The minimum absolute atomic E-state index is 0.0265. The summed E-state index contributed by atoms with van der Waals surface area (Å²) in [5.41, 5.74) is 1.20. The first-order valence-corrected chi connectivity index (χ1v) is 9.61. The van der Waals surface area contributed by atoms with Crippen molar-refractivity contribution in [3.05, 3.63) is 35.4 Å². The minimum Gasteiger partial charge on any atom is -0.370 e. The first kappa shape index (κ1) is 19.2. The third-order valence-electron chi connectivity index (χ3n) is 5.89. The number of hydrogen-bond acceptors (Lipinski definition) is 3. The third-order valence-corrected chi connectivity index (χ3v) is 5.89. The van der Waals surface area contributed by atoms with Crippen molar-refractivity contribution in [2.45, 2.75) is 37.5 Å². The molecule has 0 saturated carbocycles. The second kappa shape index (κ2) is 7.39. The summed E-state index contributed by atoms with van der Waals surface area (Å²) in [6, 6.07) is 6.45. The van der Waals surface area contributed by atoms with Crippen LogP contribution in [0.5, 0.6) is 0 Å². The summed E-state index contributed by atoms with van der Waals surface area (Å²) >= 11 is 0. The molecule has 0 bridgehead atoms. The molecular formula is C20H23F3N2O3. The minimum atomic E-state index is -4.21. The van der Waals surface area contributed by atoms with Crippen LogP contribution in [0.4, 0.5) is 18.0 Å². The number of carbonyl (C=O) groups excluding carboxylic acids is 2. The number of fused-ring (bicyclic) bond motifs is 1. The van der Waals surface area contributed by atoms with Crippen LogP contribution in [-0.4, -0.2) is 66.7 Å². The van der Waals surface area contributed by atoms with Crippen molar-refractivity contribution in [2.24, 2.45) is 5.92 Å². The van der Waals surface area contributed by atoms with Crippen molar-refractivity contribution in [3.63, 3.8) is 0 Å². The maximum Gasteiger partial charge on any atom is 0.393 e. The molecule has 0 N–H and O–H groups in total. The average Bonchev–Trinajstić information content (AvgIpc) is 2.60. The normalized spacial score (nSPS) is 26.0. The molecule has 0 aromatic heterocycles. The number of hydrogen-bond donors (Lipinski definition) is 0. The number of Topliss-reactive ketones (excluding diaryl/α,β-unsaturated/α-hetero) is 1. The van der Waals surface area contributed by atoms with Gasteiger partial charge >= 0.3 is 12.2 Å². The molecule has 1 aromatic rings. The summed E-state index contributed by atoms with van der Waals surface area (Å²) < 4.78 is 42.9. The van der Waals surface area contributed by atoms with E-state index in [1.165, 1.54) is 12.1 Å². The predicted octanol–water partition coefficient (Wildman–Crippen LogP) is 2.99. The lowest BCUT2D eigenvalue weighted by atomic mass is 9.87. The number of ketones is 1. The molecule has 152 valence electrons. The number of halogens is 3. The van der Waals surface area contributed by atoms with E-state index in [4.69, 9.17) is 4.74 Å². The summed E-state index contributed by atoms with van der Waals surface area (Å²) in [7, 11) is 0. The zero-order chi connectivity index (χ0) is 19.9. The van der Waals surface area contributed by atoms with Gasteiger partial charge in [0.1, 0.15) is 6.61 Å². The number of carbonyl (C=O) groups is 2. The molecule has 3 aliphatic rings. The van der Waals surface area contributed by atoms with Gasteiger partial charge in [-0.2, -0.15) is 13.2 Å².